The summed E-state index contributed by atoms with van der Waals surface area (Å²) in [5, 5.41) is 20.2. The molecule has 4 aliphatic rings. The van der Waals surface area contributed by atoms with Crippen molar-refractivity contribution >= 4 is 0 Å². The molecule has 4 fully saturated rings. The third kappa shape index (κ3) is 2.43. The lowest BCUT2D eigenvalue weighted by Crippen LogP contribution is -2.61. The van der Waals surface area contributed by atoms with Crippen molar-refractivity contribution in [2.45, 2.75) is 77.1 Å². The standard InChI is InChI=1S/C22H35NO3/c1-21-11-19(26-4)20-15(16(21)8-6-14(21)12-23)7-5-13-9-17(24)18(25-3)10-22(13,20)2/h13-20,24H,5-11H2,1-4H3/t13-,14+,15-,16-,17-,18-,19-,20+,21+,22-/m0/s1. The Kier molecular flexibility index (Phi) is 4.66. The van der Waals surface area contributed by atoms with Gasteiger partial charge in [-0.2, -0.15) is 5.26 Å². The molecule has 4 heteroatoms. The van der Waals surface area contributed by atoms with Gasteiger partial charge in [0.15, 0.2) is 0 Å². The number of hydrogen-bond acceptors (Lipinski definition) is 4. The van der Waals surface area contributed by atoms with Crippen LogP contribution in [0.2, 0.25) is 0 Å². The molecular weight excluding hydrogens is 326 g/mol. The molecule has 0 aliphatic heterocycles. The molecule has 0 bridgehead atoms. The van der Waals surface area contributed by atoms with Gasteiger partial charge in [0.25, 0.3) is 0 Å². The van der Waals surface area contributed by atoms with E-state index < -0.39 is 0 Å². The third-order valence-corrected chi connectivity index (χ3v) is 9.33. The summed E-state index contributed by atoms with van der Waals surface area (Å²) < 4.78 is 11.8. The quantitative estimate of drug-likeness (QED) is 0.813. The van der Waals surface area contributed by atoms with E-state index in [1.807, 2.05) is 7.11 Å². The van der Waals surface area contributed by atoms with Gasteiger partial charge in [-0.1, -0.05) is 13.8 Å². The fourth-order valence-corrected chi connectivity index (χ4v) is 8.02. The van der Waals surface area contributed by atoms with E-state index in [0.29, 0.717) is 23.7 Å². The van der Waals surface area contributed by atoms with Crippen LogP contribution < -0.4 is 0 Å². The Bertz CT molecular complexity index is 588. The second kappa shape index (κ2) is 6.47. The van der Waals surface area contributed by atoms with E-state index in [1.54, 1.807) is 7.11 Å². The van der Waals surface area contributed by atoms with Gasteiger partial charge in [0.05, 0.1) is 30.3 Å². The Morgan fingerprint density at radius 2 is 1.65 bits per heavy atom. The number of hydrogen-bond donors (Lipinski definition) is 1. The summed E-state index contributed by atoms with van der Waals surface area (Å²) in [6.45, 7) is 4.80. The topological polar surface area (TPSA) is 62.5 Å². The molecule has 0 amide bonds. The summed E-state index contributed by atoms with van der Waals surface area (Å²) in [6, 6.07) is 2.62. The number of ether oxygens (including phenoxy) is 2. The maximum Gasteiger partial charge on any atom is 0.0835 e. The lowest BCUT2D eigenvalue weighted by atomic mass is 9.43. The predicted octanol–water partition coefficient (Wildman–Crippen LogP) is 3.78. The van der Waals surface area contributed by atoms with Crippen molar-refractivity contribution in [3.05, 3.63) is 0 Å². The van der Waals surface area contributed by atoms with Crippen LogP contribution in [0.4, 0.5) is 0 Å². The van der Waals surface area contributed by atoms with Crippen molar-refractivity contribution < 1.29 is 14.6 Å². The maximum absolute atomic E-state index is 10.5. The summed E-state index contributed by atoms with van der Waals surface area (Å²) in [6.07, 6.45) is 7.31. The summed E-state index contributed by atoms with van der Waals surface area (Å²) in [4.78, 5) is 0. The minimum Gasteiger partial charge on any atom is -0.390 e. The van der Waals surface area contributed by atoms with E-state index >= 15 is 0 Å². The normalized spacial score (nSPS) is 56.2. The first-order chi connectivity index (χ1) is 12.4. The highest BCUT2D eigenvalue weighted by Gasteiger charge is 2.64. The molecule has 4 nitrogen and oxygen atoms in total. The zero-order chi connectivity index (χ0) is 18.7. The fourth-order valence-electron chi connectivity index (χ4n) is 8.02. The van der Waals surface area contributed by atoms with Gasteiger partial charge in [0.1, 0.15) is 0 Å². The van der Waals surface area contributed by atoms with Crippen LogP contribution in [-0.2, 0) is 9.47 Å². The molecule has 4 rings (SSSR count). The van der Waals surface area contributed by atoms with Gasteiger partial charge in [-0.25, -0.2) is 0 Å². The zero-order valence-electron chi connectivity index (χ0n) is 16.8. The number of rotatable bonds is 2. The minimum atomic E-state index is -0.334. The average molecular weight is 362 g/mol. The Hall–Kier alpha value is -0.630. The molecule has 10 atom stereocenters. The van der Waals surface area contributed by atoms with E-state index in [9.17, 15) is 10.4 Å². The number of fused-ring (bicyclic) bond motifs is 5. The second-order valence-electron chi connectivity index (χ2n) is 10.1. The van der Waals surface area contributed by atoms with Crippen molar-refractivity contribution in [3.8, 4) is 6.07 Å². The highest BCUT2D eigenvalue weighted by molar-refractivity contribution is 5.15. The Labute approximate surface area is 158 Å². The number of nitriles is 1. The van der Waals surface area contributed by atoms with Gasteiger partial charge >= 0.3 is 0 Å². The molecule has 4 aliphatic carbocycles. The van der Waals surface area contributed by atoms with E-state index in [2.05, 4.69) is 19.9 Å². The average Bonchev–Trinajstić information content (AvgIpc) is 2.96. The molecule has 0 aromatic heterocycles. The SMILES string of the molecule is CO[C@H]1C[C@]2(C)[C@@H](C#N)CC[C@H]2[C@@H]2CC[C@H]3C[C@H](O)[C@@H](OC)C[C@]3(C)[C@H]21. The molecule has 26 heavy (non-hydrogen) atoms. The highest BCUT2D eigenvalue weighted by Crippen LogP contribution is 2.67. The van der Waals surface area contributed by atoms with Crippen LogP contribution in [0.5, 0.6) is 0 Å². The van der Waals surface area contributed by atoms with Gasteiger partial charge in [-0.15, -0.1) is 0 Å². The van der Waals surface area contributed by atoms with Crippen LogP contribution in [0.15, 0.2) is 0 Å². The molecular formula is C22H35NO3. The first-order valence-electron chi connectivity index (χ1n) is 10.5. The highest BCUT2D eigenvalue weighted by atomic mass is 16.5. The largest absolute Gasteiger partial charge is 0.390 e. The van der Waals surface area contributed by atoms with E-state index in [-0.39, 0.29) is 35.1 Å². The van der Waals surface area contributed by atoms with Gasteiger partial charge in [-0.05, 0) is 79.4 Å². The first kappa shape index (κ1) is 18.7. The molecule has 0 heterocycles. The van der Waals surface area contributed by atoms with Crippen molar-refractivity contribution in [2.24, 2.45) is 40.4 Å². The van der Waals surface area contributed by atoms with Crippen molar-refractivity contribution in [1.82, 2.24) is 0 Å². The molecule has 0 aromatic rings. The summed E-state index contributed by atoms with van der Waals surface area (Å²) in [5.41, 5.74) is 0.268. The Balaban J connectivity index is 1.70. The smallest absolute Gasteiger partial charge is 0.0835 e. The maximum atomic E-state index is 10.5. The van der Waals surface area contributed by atoms with Crippen molar-refractivity contribution in [2.75, 3.05) is 14.2 Å². The summed E-state index contributed by atoms with van der Waals surface area (Å²) in [5.74, 6) is 2.55. The molecule has 146 valence electrons. The molecule has 4 saturated carbocycles. The monoisotopic (exact) mass is 361 g/mol. The number of aliphatic hydroxyl groups is 1. The van der Waals surface area contributed by atoms with Crippen LogP contribution in [0.25, 0.3) is 0 Å². The number of aliphatic hydroxyl groups excluding tert-OH is 1. The second-order valence-corrected chi connectivity index (χ2v) is 10.1. The molecule has 0 saturated heterocycles. The number of nitrogens with zero attached hydrogens (tertiary/aromatic N) is 1. The molecule has 0 radical (unpaired) electrons. The molecule has 0 aromatic carbocycles. The predicted molar refractivity (Wildman–Crippen MR) is 99.2 cm³/mol. The van der Waals surface area contributed by atoms with Crippen LogP contribution in [0.1, 0.15) is 58.8 Å². The van der Waals surface area contributed by atoms with Crippen LogP contribution in [-0.4, -0.2) is 37.6 Å². The Morgan fingerprint density at radius 1 is 0.962 bits per heavy atom. The van der Waals surface area contributed by atoms with E-state index in [0.717, 1.165) is 25.7 Å². The van der Waals surface area contributed by atoms with E-state index in [1.165, 1.54) is 19.3 Å². The van der Waals surface area contributed by atoms with Crippen molar-refractivity contribution in [3.63, 3.8) is 0 Å². The fraction of sp³-hybridized carbons (Fsp3) is 0.955. The zero-order valence-corrected chi connectivity index (χ0v) is 16.8. The molecule has 0 unspecified atom stereocenters. The molecule has 1 N–H and O–H groups in total. The van der Waals surface area contributed by atoms with Crippen LogP contribution in [0, 0.1) is 51.8 Å². The van der Waals surface area contributed by atoms with Gasteiger partial charge in [0, 0.05) is 14.2 Å². The lowest BCUT2D eigenvalue weighted by molar-refractivity contribution is -0.204. The van der Waals surface area contributed by atoms with Gasteiger partial charge in [0.2, 0.25) is 0 Å². The summed E-state index contributed by atoms with van der Waals surface area (Å²) >= 11 is 0. The van der Waals surface area contributed by atoms with Crippen molar-refractivity contribution in [1.29, 1.82) is 5.26 Å². The number of methoxy groups -OCH3 is 2. The van der Waals surface area contributed by atoms with E-state index in [4.69, 9.17) is 9.47 Å². The molecule has 0 spiro atoms. The van der Waals surface area contributed by atoms with Crippen LogP contribution >= 0.6 is 0 Å². The minimum absolute atomic E-state index is 0.0590. The van der Waals surface area contributed by atoms with Crippen LogP contribution in [0.3, 0.4) is 0 Å². The van der Waals surface area contributed by atoms with Gasteiger partial charge < -0.3 is 14.6 Å². The van der Waals surface area contributed by atoms with Gasteiger partial charge in [-0.3, -0.25) is 0 Å². The lowest BCUT2D eigenvalue weighted by Gasteiger charge is -2.63. The Morgan fingerprint density at radius 3 is 2.31 bits per heavy atom. The third-order valence-electron chi connectivity index (χ3n) is 9.33. The summed E-state index contributed by atoms with van der Waals surface area (Å²) in [7, 11) is 3.60. The first-order valence-corrected chi connectivity index (χ1v) is 10.5.